The number of aromatic nitrogens is 2. The van der Waals surface area contributed by atoms with E-state index in [1.54, 1.807) is 0 Å². The number of rotatable bonds is 3. The van der Waals surface area contributed by atoms with Crippen LogP contribution in [0.25, 0.3) is 0 Å². The first kappa shape index (κ1) is 11.2. The van der Waals surface area contributed by atoms with Gasteiger partial charge in [-0.25, -0.2) is 0 Å². The number of hydrogen-bond donors (Lipinski definition) is 1. The van der Waals surface area contributed by atoms with Crippen LogP contribution in [0.15, 0.2) is 0 Å². The van der Waals surface area contributed by atoms with Crippen molar-refractivity contribution in [1.82, 2.24) is 9.78 Å². The molecule has 3 heteroatoms. The number of nitrogens with two attached hydrogens (primary N) is 1. The molecule has 0 saturated heterocycles. The molecule has 2 atom stereocenters. The number of nitrogens with zero attached hydrogens (tertiary/aromatic N) is 2. The van der Waals surface area contributed by atoms with Crippen LogP contribution in [-0.2, 0) is 0 Å². The average Bonchev–Trinajstić information content (AvgIpc) is 2.43. The second-order valence-electron chi connectivity index (χ2n) is 4.05. The lowest BCUT2D eigenvalue weighted by Gasteiger charge is -2.20. The molecule has 2 N–H and O–H groups in total. The van der Waals surface area contributed by atoms with Crippen molar-refractivity contribution in [2.45, 2.75) is 53.1 Å². The Balaban J connectivity index is 3.01. The molecular formula is C11H21N3. The smallest absolute Gasteiger partial charge is 0.0645 e. The van der Waals surface area contributed by atoms with Gasteiger partial charge in [0.2, 0.25) is 0 Å². The van der Waals surface area contributed by atoms with E-state index < -0.39 is 0 Å². The Morgan fingerprint density at radius 2 is 1.93 bits per heavy atom. The van der Waals surface area contributed by atoms with Gasteiger partial charge in [0, 0.05) is 11.7 Å². The first-order chi connectivity index (χ1) is 6.49. The highest BCUT2D eigenvalue weighted by Gasteiger charge is 2.17. The molecule has 0 aliphatic rings. The van der Waals surface area contributed by atoms with E-state index in [1.807, 2.05) is 6.92 Å². The van der Waals surface area contributed by atoms with Gasteiger partial charge >= 0.3 is 0 Å². The van der Waals surface area contributed by atoms with Crippen LogP contribution in [0.5, 0.6) is 0 Å². The second kappa shape index (κ2) is 4.13. The number of hydrogen-bond acceptors (Lipinski definition) is 2. The molecular weight excluding hydrogens is 174 g/mol. The number of aryl methyl sites for hydroxylation is 1. The van der Waals surface area contributed by atoms with Crippen molar-refractivity contribution >= 4 is 0 Å². The molecule has 0 amide bonds. The summed E-state index contributed by atoms with van der Waals surface area (Å²) < 4.78 is 2.05. The van der Waals surface area contributed by atoms with Gasteiger partial charge in [0.15, 0.2) is 0 Å². The fraction of sp³-hybridized carbons (Fsp3) is 0.727. The molecule has 2 unspecified atom stereocenters. The van der Waals surface area contributed by atoms with Crippen LogP contribution in [0, 0.1) is 20.8 Å². The van der Waals surface area contributed by atoms with E-state index >= 15 is 0 Å². The van der Waals surface area contributed by atoms with E-state index in [-0.39, 0.29) is 12.1 Å². The zero-order valence-corrected chi connectivity index (χ0v) is 9.83. The maximum atomic E-state index is 6.02. The first-order valence-electron chi connectivity index (χ1n) is 5.26. The predicted octanol–water partition coefficient (Wildman–Crippen LogP) is 2.11. The molecule has 14 heavy (non-hydrogen) atoms. The summed E-state index contributed by atoms with van der Waals surface area (Å²) in [4.78, 5) is 0. The van der Waals surface area contributed by atoms with E-state index in [4.69, 9.17) is 5.73 Å². The molecule has 80 valence electrons. The van der Waals surface area contributed by atoms with E-state index in [1.165, 1.54) is 11.3 Å². The van der Waals surface area contributed by atoms with Gasteiger partial charge in [-0.1, -0.05) is 6.92 Å². The lowest BCUT2D eigenvalue weighted by molar-refractivity contribution is 0.390. The van der Waals surface area contributed by atoms with E-state index in [0.717, 1.165) is 12.1 Å². The zero-order valence-electron chi connectivity index (χ0n) is 9.83. The predicted molar refractivity (Wildman–Crippen MR) is 59.4 cm³/mol. The maximum absolute atomic E-state index is 6.02. The summed E-state index contributed by atoms with van der Waals surface area (Å²) in [5.41, 5.74) is 9.64. The summed E-state index contributed by atoms with van der Waals surface area (Å²) in [6, 6.07) is 0.472. The summed E-state index contributed by atoms with van der Waals surface area (Å²) in [7, 11) is 0. The minimum atomic E-state index is 0.187. The lowest BCUT2D eigenvalue weighted by Crippen LogP contribution is -2.30. The second-order valence-corrected chi connectivity index (χ2v) is 4.05. The van der Waals surface area contributed by atoms with Gasteiger partial charge in [-0.2, -0.15) is 5.10 Å². The molecule has 1 heterocycles. The zero-order chi connectivity index (χ0) is 10.9. The summed E-state index contributed by atoms with van der Waals surface area (Å²) in [6.07, 6.45) is 0.985. The highest BCUT2D eigenvalue weighted by Crippen LogP contribution is 2.18. The summed E-state index contributed by atoms with van der Waals surface area (Å²) in [6.45, 7) is 10.5. The van der Waals surface area contributed by atoms with Gasteiger partial charge in [-0.3, -0.25) is 4.68 Å². The molecule has 3 nitrogen and oxygen atoms in total. The van der Waals surface area contributed by atoms with Gasteiger partial charge in [0.25, 0.3) is 0 Å². The third kappa shape index (κ3) is 1.82. The molecule has 0 spiro atoms. The minimum Gasteiger partial charge on any atom is -0.326 e. The van der Waals surface area contributed by atoms with Crippen LogP contribution in [0.3, 0.4) is 0 Å². The first-order valence-corrected chi connectivity index (χ1v) is 5.26. The van der Waals surface area contributed by atoms with Crippen LogP contribution in [0.4, 0.5) is 0 Å². The molecule has 0 fully saturated rings. The van der Waals surface area contributed by atoms with Gasteiger partial charge in [-0.05, 0) is 39.7 Å². The van der Waals surface area contributed by atoms with Crippen LogP contribution in [-0.4, -0.2) is 15.8 Å². The Hall–Kier alpha value is -0.830. The molecule has 1 aromatic heterocycles. The third-order valence-corrected chi connectivity index (χ3v) is 3.16. The molecule has 0 radical (unpaired) electrons. The van der Waals surface area contributed by atoms with E-state index in [0.29, 0.717) is 0 Å². The van der Waals surface area contributed by atoms with Crippen molar-refractivity contribution in [3.8, 4) is 0 Å². The Bertz CT molecular complexity index is 315. The van der Waals surface area contributed by atoms with Gasteiger partial charge < -0.3 is 5.73 Å². The van der Waals surface area contributed by atoms with Crippen LogP contribution >= 0.6 is 0 Å². The molecule has 0 aliphatic carbocycles. The Labute approximate surface area is 86.3 Å². The van der Waals surface area contributed by atoms with Crippen molar-refractivity contribution in [1.29, 1.82) is 0 Å². The van der Waals surface area contributed by atoms with Crippen molar-refractivity contribution in [3.63, 3.8) is 0 Å². The maximum Gasteiger partial charge on any atom is 0.0645 e. The minimum absolute atomic E-state index is 0.187. The quantitative estimate of drug-likeness (QED) is 0.802. The monoisotopic (exact) mass is 195 g/mol. The largest absolute Gasteiger partial charge is 0.326 e. The Kier molecular flexibility index (Phi) is 3.32. The summed E-state index contributed by atoms with van der Waals surface area (Å²) in [5.74, 6) is 0. The molecule has 0 bridgehead atoms. The van der Waals surface area contributed by atoms with E-state index in [2.05, 4.69) is 37.5 Å². The van der Waals surface area contributed by atoms with Gasteiger partial charge in [0.1, 0.15) is 0 Å². The standard InChI is InChI=1S/C11H21N3/c1-6-11(12)10(5)14-9(4)7(2)8(3)13-14/h10-11H,6,12H2,1-5H3. The van der Waals surface area contributed by atoms with Crippen molar-refractivity contribution in [3.05, 3.63) is 17.0 Å². The molecule has 0 saturated carbocycles. The Morgan fingerprint density at radius 1 is 1.36 bits per heavy atom. The molecule has 1 aromatic rings. The van der Waals surface area contributed by atoms with Crippen LogP contribution in [0.1, 0.15) is 43.3 Å². The molecule has 0 aliphatic heterocycles. The topological polar surface area (TPSA) is 43.8 Å². The third-order valence-electron chi connectivity index (χ3n) is 3.16. The van der Waals surface area contributed by atoms with Crippen molar-refractivity contribution < 1.29 is 0 Å². The normalized spacial score (nSPS) is 15.6. The summed E-state index contributed by atoms with van der Waals surface area (Å²) in [5, 5.41) is 4.52. The van der Waals surface area contributed by atoms with Crippen molar-refractivity contribution in [2.24, 2.45) is 5.73 Å². The molecule has 0 aromatic carbocycles. The SMILES string of the molecule is CCC(N)C(C)n1nc(C)c(C)c1C. The van der Waals surface area contributed by atoms with Gasteiger partial charge in [-0.15, -0.1) is 0 Å². The fourth-order valence-corrected chi connectivity index (χ4v) is 1.66. The highest BCUT2D eigenvalue weighted by molar-refractivity contribution is 5.22. The highest BCUT2D eigenvalue weighted by atomic mass is 15.3. The lowest BCUT2D eigenvalue weighted by atomic mass is 10.1. The van der Waals surface area contributed by atoms with E-state index in [9.17, 15) is 0 Å². The Morgan fingerprint density at radius 3 is 2.29 bits per heavy atom. The van der Waals surface area contributed by atoms with Crippen molar-refractivity contribution in [2.75, 3.05) is 0 Å². The van der Waals surface area contributed by atoms with Gasteiger partial charge in [0.05, 0.1) is 11.7 Å². The molecule has 1 rings (SSSR count). The average molecular weight is 195 g/mol. The van der Waals surface area contributed by atoms with Crippen LogP contribution < -0.4 is 5.73 Å². The summed E-state index contributed by atoms with van der Waals surface area (Å²) >= 11 is 0. The fourth-order valence-electron chi connectivity index (χ4n) is 1.66. The van der Waals surface area contributed by atoms with Crippen LogP contribution in [0.2, 0.25) is 0 Å².